The Morgan fingerprint density at radius 2 is 1.50 bits per heavy atom. The van der Waals surface area contributed by atoms with Crippen molar-refractivity contribution in [1.82, 2.24) is 4.90 Å². The summed E-state index contributed by atoms with van der Waals surface area (Å²) < 4.78 is 0. The fourth-order valence-corrected chi connectivity index (χ4v) is 5.35. The first-order chi connectivity index (χ1) is 15.5. The molecule has 0 aromatic heterocycles. The summed E-state index contributed by atoms with van der Waals surface area (Å²) in [6, 6.07) is 24.0. The fourth-order valence-electron chi connectivity index (χ4n) is 5.22. The number of nitrogens with two attached hydrogens (primary N) is 1. The van der Waals surface area contributed by atoms with Crippen LogP contribution in [0.2, 0.25) is 5.02 Å². The molecule has 1 unspecified atom stereocenters. The van der Waals surface area contributed by atoms with Crippen LogP contribution in [-0.4, -0.2) is 28.9 Å². The van der Waals surface area contributed by atoms with Crippen molar-refractivity contribution in [2.24, 2.45) is 5.73 Å². The van der Waals surface area contributed by atoms with Gasteiger partial charge in [0.05, 0.1) is 11.6 Å². The van der Waals surface area contributed by atoms with E-state index in [0.717, 1.165) is 47.9 Å². The van der Waals surface area contributed by atoms with Gasteiger partial charge in [0.1, 0.15) is 0 Å². The first kappa shape index (κ1) is 20.8. The molecule has 2 N–H and O–H groups in total. The molecule has 2 heterocycles. The smallest absolute Gasteiger partial charge is 0.254 e. The summed E-state index contributed by atoms with van der Waals surface area (Å²) in [6.07, 6.45) is 3.84. The lowest BCUT2D eigenvalue weighted by Crippen LogP contribution is -2.50. The van der Waals surface area contributed by atoms with Gasteiger partial charge in [-0.1, -0.05) is 41.9 Å². The van der Waals surface area contributed by atoms with Crippen LogP contribution in [0.15, 0.2) is 66.7 Å². The fraction of sp³-hybridized carbons (Fsp3) is 0.259. The summed E-state index contributed by atoms with van der Waals surface area (Å²) >= 11 is 6.10. The zero-order valence-electron chi connectivity index (χ0n) is 17.7. The number of halogens is 1. The SMILES string of the molecule is N#Cc1ccc(-c2cc(C(=O)N3[C@@H]4CC[C@H]3CC(N)C4)ccc2-c2ccc(Cl)cc2)cc1. The molecule has 0 aliphatic carbocycles. The molecule has 3 aromatic carbocycles. The Morgan fingerprint density at radius 1 is 0.906 bits per heavy atom. The minimum Gasteiger partial charge on any atom is -0.333 e. The van der Waals surface area contributed by atoms with Gasteiger partial charge >= 0.3 is 0 Å². The maximum Gasteiger partial charge on any atom is 0.254 e. The Bertz CT molecular complexity index is 1180. The highest BCUT2D eigenvalue weighted by Gasteiger charge is 2.42. The van der Waals surface area contributed by atoms with Gasteiger partial charge in [-0.05, 0) is 84.3 Å². The molecule has 2 saturated heterocycles. The van der Waals surface area contributed by atoms with Crippen molar-refractivity contribution in [3.8, 4) is 28.3 Å². The number of hydrogen-bond donors (Lipinski definition) is 1. The largest absolute Gasteiger partial charge is 0.333 e. The molecule has 4 nitrogen and oxygen atoms in total. The van der Waals surface area contributed by atoms with Gasteiger partial charge < -0.3 is 10.6 Å². The Labute approximate surface area is 193 Å². The number of piperidine rings is 1. The van der Waals surface area contributed by atoms with E-state index in [0.29, 0.717) is 16.1 Å². The highest BCUT2D eigenvalue weighted by molar-refractivity contribution is 6.30. The highest BCUT2D eigenvalue weighted by atomic mass is 35.5. The van der Waals surface area contributed by atoms with E-state index >= 15 is 0 Å². The molecule has 0 spiro atoms. The van der Waals surface area contributed by atoms with Gasteiger partial charge in [-0.25, -0.2) is 0 Å². The second-order valence-corrected chi connectivity index (χ2v) is 9.22. The minimum atomic E-state index is 0.0851. The van der Waals surface area contributed by atoms with Crippen molar-refractivity contribution < 1.29 is 4.79 Å². The first-order valence-corrected chi connectivity index (χ1v) is 11.4. The minimum absolute atomic E-state index is 0.0851. The predicted octanol–water partition coefficient (Wildman–Crippen LogP) is 5.64. The Hall–Kier alpha value is -3.13. The molecule has 0 saturated carbocycles. The van der Waals surface area contributed by atoms with Gasteiger partial charge in [0.25, 0.3) is 5.91 Å². The quantitative estimate of drug-likeness (QED) is 0.571. The van der Waals surface area contributed by atoms with Crippen LogP contribution in [0.3, 0.4) is 0 Å². The van der Waals surface area contributed by atoms with E-state index in [1.807, 2.05) is 66.7 Å². The van der Waals surface area contributed by atoms with Crippen LogP contribution in [-0.2, 0) is 0 Å². The third kappa shape index (κ3) is 3.79. The highest BCUT2D eigenvalue weighted by Crippen LogP contribution is 2.38. The Morgan fingerprint density at radius 3 is 2.12 bits per heavy atom. The van der Waals surface area contributed by atoms with Crippen molar-refractivity contribution in [2.75, 3.05) is 0 Å². The number of fused-ring (bicyclic) bond motifs is 2. The lowest BCUT2D eigenvalue weighted by Gasteiger charge is -2.38. The number of amides is 1. The van der Waals surface area contributed by atoms with E-state index in [2.05, 4.69) is 11.0 Å². The van der Waals surface area contributed by atoms with E-state index in [4.69, 9.17) is 17.3 Å². The summed E-state index contributed by atoms with van der Waals surface area (Å²) in [5.74, 6) is 0.0851. The molecule has 1 amide bonds. The van der Waals surface area contributed by atoms with E-state index < -0.39 is 0 Å². The molecule has 3 aromatic rings. The summed E-state index contributed by atoms with van der Waals surface area (Å²) in [6.45, 7) is 0. The summed E-state index contributed by atoms with van der Waals surface area (Å²) in [5, 5.41) is 9.85. The zero-order chi connectivity index (χ0) is 22.2. The maximum atomic E-state index is 13.6. The lowest BCUT2D eigenvalue weighted by molar-refractivity contribution is 0.0575. The number of rotatable bonds is 3. The number of nitrogens with zero attached hydrogens (tertiary/aromatic N) is 2. The van der Waals surface area contributed by atoms with Gasteiger partial charge in [-0.15, -0.1) is 0 Å². The molecule has 2 bridgehead atoms. The number of carbonyl (C=O) groups is 1. The summed E-state index contributed by atoms with van der Waals surface area (Å²) in [7, 11) is 0. The number of carbonyl (C=O) groups excluding carboxylic acids is 1. The molecule has 5 heteroatoms. The van der Waals surface area contributed by atoms with Gasteiger partial charge in [0.2, 0.25) is 0 Å². The van der Waals surface area contributed by atoms with Gasteiger partial charge in [0.15, 0.2) is 0 Å². The van der Waals surface area contributed by atoms with Crippen LogP contribution in [0.25, 0.3) is 22.3 Å². The normalized spacial score (nSPS) is 21.9. The predicted molar refractivity (Wildman–Crippen MR) is 127 cm³/mol. The van der Waals surface area contributed by atoms with Crippen LogP contribution in [0.5, 0.6) is 0 Å². The van der Waals surface area contributed by atoms with Crippen molar-refractivity contribution in [3.63, 3.8) is 0 Å². The van der Waals surface area contributed by atoms with Crippen LogP contribution >= 0.6 is 11.6 Å². The van der Waals surface area contributed by atoms with Crippen LogP contribution in [0.1, 0.15) is 41.6 Å². The average Bonchev–Trinajstić information content (AvgIpc) is 3.09. The first-order valence-electron chi connectivity index (χ1n) is 11.0. The zero-order valence-corrected chi connectivity index (χ0v) is 18.4. The molecule has 32 heavy (non-hydrogen) atoms. The number of nitriles is 1. The van der Waals surface area contributed by atoms with E-state index in [9.17, 15) is 10.1 Å². The summed E-state index contributed by atoms with van der Waals surface area (Å²) in [4.78, 5) is 15.6. The molecule has 2 aliphatic heterocycles. The molecule has 5 rings (SSSR count). The molecule has 2 fully saturated rings. The monoisotopic (exact) mass is 441 g/mol. The summed E-state index contributed by atoms with van der Waals surface area (Å²) in [5.41, 5.74) is 11.5. The topological polar surface area (TPSA) is 70.1 Å². The van der Waals surface area contributed by atoms with E-state index in [-0.39, 0.29) is 24.0 Å². The molecule has 0 radical (unpaired) electrons. The van der Waals surface area contributed by atoms with Crippen molar-refractivity contribution in [2.45, 2.75) is 43.8 Å². The van der Waals surface area contributed by atoms with Crippen LogP contribution in [0, 0.1) is 11.3 Å². The Balaban J connectivity index is 1.57. The van der Waals surface area contributed by atoms with Gasteiger partial charge in [-0.3, -0.25) is 4.79 Å². The number of benzene rings is 3. The van der Waals surface area contributed by atoms with Crippen LogP contribution in [0.4, 0.5) is 0 Å². The van der Waals surface area contributed by atoms with E-state index in [1.54, 1.807) is 0 Å². The second kappa shape index (κ2) is 8.43. The van der Waals surface area contributed by atoms with Crippen LogP contribution < -0.4 is 5.73 Å². The number of hydrogen-bond acceptors (Lipinski definition) is 3. The Kier molecular flexibility index (Phi) is 5.46. The van der Waals surface area contributed by atoms with Crippen molar-refractivity contribution >= 4 is 17.5 Å². The maximum absolute atomic E-state index is 13.6. The molecule has 2 aliphatic rings. The average molecular weight is 442 g/mol. The lowest BCUT2D eigenvalue weighted by atomic mass is 9.91. The van der Waals surface area contributed by atoms with Crippen molar-refractivity contribution in [1.29, 1.82) is 5.26 Å². The van der Waals surface area contributed by atoms with E-state index in [1.165, 1.54) is 0 Å². The molecule has 160 valence electrons. The van der Waals surface area contributed by atoms with Gasteiger partial charge in [-0.2, -0.15) is 5.26 Å². The molecular weight excluding hydrogens is 418 g/mol. The third-order valence-corrected chi connectivity index (χ3v) is 7.00. The van der Waals surface area contributed by atoms with Crippen molar-refractivity contribution in [3.05, 3.63) is 82.9 Å². The molecule has 3 atom stereocenters. The second-order valence-electron chi connectivity index (χ2n) is 8.79. The standard InChI is InChI=1S/C27H24ClN3O/c28-21-8-5-18(6-9-21)25-12-7-20(13-26(25)19-3-1-17(16-29)2-4-19)27(32)31-23-10-11-24(31)15-22(30)14-23/h1-9,12-13,22-24H,10-11,14-15,30H2/t22?,23-,24+. The van der Waals surface area contributed by atoms with Gasteiger partial charge in [0, 0.05) is 28.7 Å². The molecular formula is C27H24ClN3O. The third-order valence-electron chi connectivity index (χ3n) is 6.75.